The lowest BCUT2D eigenvalue weighted by Gasteiger charge is -2.07. The topological polar surface area (TPSA) is 34.1 Å². The summed E-state index contributed by atoms with van der Waals surface area (Å²) in [5.41, 5.74) is 0. The Kier molecular flexibility index (Phi) is 6.32. The third-order valence-corrected chi connectivity index (χ3v) is 2.44. The number of ether oxygens (including phenoxy) is 1. The standard InChI is InChI=1S/C9H11BrCl2N2O/c10-7-5-8(12)9(14-6-7)13-2-4-15-3-1-11/h5-6H,1-4H2,(H,13,14). The average molecular weight is 314 g/mol. The molecule has 0 radical (unpaired) electrons. The van der Waals surface area contributed by atoms with Gasteiger partial charge in [0.05, 0.1) is 18.2 Å². The van der Waals surface area contributed by atoms with Crippen molar-refractivity contribution in [1.29, 1.82) is 0 Å². The number of alkyl halides is 1. The molecule has 0 saturated heterocycles. The average Bonchev–Trinajstić information content (AvgIpc) is 2.20. The van der Waals surface area contributed by atoms with Crippen LogP contribution in [0.1, 0.15) is 0 Å². The Morgan fingerprint density at radius 3 is 2.93 bits per heavy atom. The van der Waals surface area contributed by atoms with E-state index < -0.39 is 0 Å². The predicted octanol–water partition coefficient (Wildman–Crippen LogP) is 3.16. The van der Waals surface area contributed by atoms with Crippen molar-refractivity contribution >= 4 is 44.9 Å². The van der Waals surface area contributed by atoms with Crippen LogP contribution < -0.4 is 5.32 Å². The van der Waals surface area contributed by atoms with Gasteiger partial charge in [-0.3, -0.25) is 0 Å². The summed E-state index contributed by atoms with van der Waals surface area (Å²) in [6, 6.07) is 1.79. The van der Waals surface area contributed by atoms with Crippen LogP contribution in [0.15, 0.2) is 16.7 Å². The van der Waals surface area contributed by atoms with E-state index in [4.69, 9.17) is 27.9 Å². The molecule has 1 rings (SSSR count). The molecule has 6 heteroatoms. The molecular weight excluding hydrogens is 303 g/mol. The van der Waals surface area contributed by atoms with E-state index in [0.29, 0.717) is 36.5 Å². The van der Waals surface area contributed by atoms with Crippen molar-refractivity contribution in [3.05, 3.63) is 21.8 Å². The van der Waals surface area contributed by atoms with Crippen molar-refractivity contribution in [2.45, 2.75) is 0 Å². The zero-order chi connectivity index (χ0) is 11.1. The second-order valence-corrected chi connectivity index (χ2v) is 4.41. The predicted molar refractivity (Wildman–Crippen MR) is 67.0 cm³/mol. The fourth-order valence-corrected chi connectivity index (χ4v) is 1.75. The van der Waals surface area contributed by atoms with Gasteiger partial charge >= 0.3 is 0 Å². The third kappa shape index (κ3) is 5.02. The van der Waals surface area contributed by atoms with Crippen LogP contribution in [-0.4, -0.2) is 30.6 Å². The first kappa shape index (κ1) is 13.0. The maximum absolute atomic E-state index is 5.95. The highest BCUT2D eigenvalue weighted by Crippen LogP contribution is 2.22. The lowest BCUT2D eigenvalue weighted by atomic mass is 10.4. The summed E-state index contributed by atoms with van der Waals surface area (Å²) in [6.45, 7) is 1.80. The molecule has 0 atom stereocenters. The Balaban J connectivity index is 2.31. The molecule has 1 aromatic rings. The van der Waals surface area contributed by atoms with E-state index in [2.05, 4.69) is 26.2 Å². The monoisotopic (exact) mass is 312 g/mol. The van der Waals surface area contributed by atoms with E-state index in [1.54, 1.807) is 12.3 Å². The van der Waals surface area contributed by atoms with E-state index in [1.807, 2.05) is 0 Å². The second kappa shape index (κ2) is 7.28. The van der Waals surface area contributed by atoms with Crippen molar-refractivity contribution in [1.82, 2.24) is 4.98 Å². The van der Waals surface area contributed by atoms with Gasteiger partial charge in [0, 0.05) is 23.1 Å². The van der Waals surface area contributed by atoms with Crippen LogP contribution in [0.3, 0.4) is 0 Å². The summed E-state index contributed by atoms with van der Waals surface area (Å²) >= 11 is 14.7. The Labute approximate surface area is 107 Å². The first-order valence-corrected chi connectivity index (χ1v) is 6.13. The molecule has 3 nitrogen and oxygen atoms in total. The van der Waals surface area contributed by atoms with Crippen molar-refractivity contribution in [3.63, 3.8) is 0 Å². The molecule has 0 saturated carbocycles. The van der Waals surface area contributed by atoms with Gasteiger partial charge in [0.2, 0.25) is 0 Å². The number of nitrogens with zero attached hydrogens (tertiary/aromatic N) is 1. The molecule has 1 N–H and O–H groups in total. The molecule has 0 spiro atoms. The lowest BCUT2D eigenvalue weighted by Crippen LogP contribution is -2.11. The second-order valence-electron chi connectivity index (χ2n) is 2.71. The summed E-state index contributed by atoms with van der Waals surface area (Å²) in [4.78, 5) is 4.12. The summed E-state index contributed by atoms with van der Waals surface area (Å²) in [5, 5.41) is 3.65. The fourth-order valence-electron chi connectivity index (χ4n) is 0.943. The van der Waals surface area contributed by atoms with Crippen LogP contribution in [0.4, 0.5) is 5.82 Å². The van der Waals surface area contributed by atoms with Crippen LogP contribution in [0.2, 0.25) is 5.02 Å². The van der Waals surface area contributed by atoms with Crippen molar-refractivity contribution in [2.24, 2.45) is 0 Å². The molecule has 0 aromatic carbocycles. The number of pyridine rings is 1. The zero-order valence-corrected chi connectivity index (χ0v) is 11.1. The number of hydrogen-bond acceptors (Lipinski definition) is 3. The van der Waals surface area contributed by atoms with Gasteiger partial charge in [-0.2, -0.15) is 0 Å². The number of halogens is 3. The maximum Gasteiger partial charge on any atom is 0.144 e. The lowest BCUT2D eigenvalue weighted by molar-refractivity contribution is 0.160. The Morgan fingerprint density at radius 1 is 1.47 bits per heavy atom. The van der Waals surface area contributed by atoms with Gasteiger partial charge in [0.25, 0.3) is 0 Å². The molecule has 1 aromatic heterocycles. The van der Waals surface area contributed by atoms with Crippen LogP contribution in [0.5, 0.6) is 0 Å². The Bertz CT molecular complexity index is 312. The fraction of sp³-hybridized carbons (Fsp3) is 0.444. The van der Waals surface area contributed by atoms with Crippen LogP contribution in [0, 0.1) is 0 Å². The quantitative estimate of drug-likeness (QED) is 0.647. The first-order chi connectivity index (χ1) is 7.24. The largest absolute Gasteiger partial charge is 0.378 e. The molecule has 0 aliphatic heterocycles. The number of nitrogens with one attached hydrogen (secondary N) is 1. The van der Waals surface area contributed by atoms with Gasteiger partial charge in [-0.15, -0.1) is 11.6 Å². The number of anilines is 1. The third-order valence-electron chi connectivity index (χ3n) is 1.57. The highest BCUT2D eigenvalue weighted by Gasteiger charge is 2.01. The summed E-state index contributed by atoms with van der Waals surface area (Å²) < 4.78 is 6.05. The summed E-state index contributed by atoms with van der Waals surface area (Å²) in [5.74, 6) is 1.17. The van der Waals surface area contributed by atoms with Gasteiger partial charge < -0.3 is 10.1 Å². The molecular formula is C9H11BrCl2N2O. The highest BCUT2D eigenvalue weighted by molar-refractivity contribution is 9.10. The molecule has 15 heavy (non-hydrogen) atoms. The van der Waals surface area contributed by atoms with Crippen molar-refractivity contribution in [2.75, 3.05) is 31.0 Å². The molecule has 84 valence electrons. The Morgan fingerprint density at radius 2 is 2.27 bits per heavy atom. The Hall–Kier alpha value is -0.0300. The first-order valence-electron chi connectivity index (χ1n) is 4.42. The minimum Gasteiger partial charge on any atom is -0.378 e. The van der Waals surface area contributed by atoms with E-state index >= 15 is 0 Å². The zero-order valence-electron chi connectivity index (χ0n) is 7.97. The molecule has 0 amide bonds. The van der Waals surface area contributed by atoms with Crippen LogP contribution in [-0.2, 0) is 4.74 Å². The van der Waals surface area contributed by atoms with E-state index in [9.17, 15) is 0 Å². The van der Waals surface area contributed by atoms with Crippen LogP contribution >= 0.6 is 39.1 Å². The number of hydrogen-bond donors (Lipinski definition) is 1. The van der Waals surface area contributed by atoms with Gasteiger partial charge in [0.15, 0.2) is 0 Å². The van der Waals surface area contributed by atoms with Gasteiger partial charge in [-0.25, -0.2) is 4.98 Å². The smallest absolute Gasteiger partial charge is 0.144 e. The van der Waals surface area contributed by atoms with Gasteiger partial charge in [-0.1, -0.05) is 11.6 Å². The molecule has 1 heterocycles. The van der Waals surface area contributed by atoms with Gasteiger partial charge in [-0.05, 0) is 22.0 Å². The highest BCUT2D eigenvalue weighted by atomic mass is 79.9. The van der Waals surface area contributed by atoms with Crippen molar-refractivity contribution < 1.29 is 4.74 Å². The SMILES string of the molecule is ClCCOCCNc1ncc(Br)cc1Cl. The van der Waals surface area contributed by atoms with Crippen molar-refractivity contribution in [3.8, 4) is 0 Å². The minimum atomic E-state index is 0.511. The van der Waals surface area contributed by atoms with Gasteiger partial charge in [0.1, 0.15) is 5.82 Å². The van der Waals surface area contributed by atoms with Crippen LogP contribution in [0.25, 0.3) is 0 Å². The number of rotatable bonds is 6. The minimum absolute atomic E-state index is 0.511. The maximum atomic E-state index is 5.95. The van der Waals surface area contributed by atoms with E-state index in [1.165, 1.54) is 0 Å². The van der Waals surface area contributed by atoms with E-state index in [0.717, 1.165) is 4.47 Å². The normalized spacial score (nSPS) is 10.3. The summed E-state index contributed by atoms with van der Waals surface area (Å²) in [7, 11) is 0. The molecule has 0 bridgehead atoms. The van der Waals surface area contributed by atoms with E-state index in [-0.39, 0.29) is 0 Å². The molecule has 0 fully saturated rings. The molecule has 0 aliphatic carbocycles. The molecule has 0 unspecified atom stereocenters. The molecule has 0 aliphatic rings. The summed E-state index contributed by atoms with van der Waals surface area (Å²) in [6.07, 6.45) is 1.69. The number of aromatic nitrogens is 1.